The molecule has 1 aromatic carbocycles. The number of thiazole rings is 1. The van der Waals surface area contributed by atoms with Crippen LogP contribution in [0.15, 0.2) is 72.5 Å². The third kappa shape index (κ3) is 3.68. The number of hydrogen-bond donors (Lipinski definition) is 1. The number of hydrogen-bond acceptors (Lipinski definition) is 5. The minimum absolute atomic E-state index is 0.125. The highest BCUT2D eigenvalue weighted by Crippen LogP contribution is 2.23. The monoisotopic (exact) mass is 361 g/mol. The van der Waals surface area contributed by atoms with Gasteiger partial charge >= 0.3 is 0 Å². The second-order valence-corrected chi connectivity index (χ2v) is 6.46. The second-order valence-electron chi connectivity index (χ2n) is 5.61. The Bertz CT molecular complexity index is 929. The van der Waals surface area contributed by atoms with Crippen LogP contribution in [0.25, 0.3) is 17.1 Å². The van der Waals surface area contributed by atoms with Crippen LogP contribution in [-0.4, -0.2) is 25.7 Å². The van der Waals surface area contributed by atoms with Crippen molar-refractivity contribution >= 4 is 22.4 Å². The highest BCUT2D eigenvalue weighted by molar-refractivity contribution is 7.14. The lowest BCUT2D eigenvalue weighted by molar-refractivity contribution is -0.115. The van der Waals surface area contributed by atoms with Crippen molar-refractivity contribution in [3.05, 3.63) is 78.1 Å². The Balaban J connectivity index is 1.40. The van der Waals surface area contributed by atoms with Crippen molar-refractivity contribution in [2.24, 2.45) is 0 Å². The number of benzene rings is 1. The van der Waals surface area contributed by atoms with Gasteiger partial charge in [-0.05, 0) is 29.8 Å². The molecular formula is C19H15N5OS. The van der Waals surface area contributed by atoms with Crippen molar-refractivity contribution in [2.45, 2.75) is 6.42 Å². The summed E-state index contributed by atoms with van der Waals surface area (Å²) < 4.78 is 1.76. The Morgan fingerprint density at radius 2 is 1.92 bits per heavy atom. The molecule has 0 unspecified atom stereocenters. The summed E-state index contributed by atoms with van der Waals surface area (Å²) in [4.78, 5) is 21.0. The van der Waals surface area contributed by atoms with Gasteiger partial charge in [0, 0.05) is 17.8 Å². The summed E-state index contributed by atoms with van der Waals surface area (Å²) >= 11 is 1.38. The number of carbonyl (C=O) groups excluding carboxylic acids is 1. The number of para-hydroxylation sites is 1. The fourth-order valence-corrected chi connectivity index (χ4v) is 3.21. The second kappa shape index (κ2) is 7.28. The van der Waals surface area contributed by atoms with Gasteiger partial charge in [-0.15, -0.1) is 11.3 Å². The molecule has 1 amide bonds. The highest BCUT2D eigenvalue weighted by Gasteiger charge is 2.11. The van der Waals surface area contributed by atoms with Crippen molar-refractivity contribution in [3.63, 3.8) is 0 Å². The zero-order valence-electron chi connectivity index (χ0n) is 13.7. The first-order valence-corrected chi connectivity index (χ1v) is 8.92. The molecule has 3 aromatic heterocycles. The molecule has 0 aliphatic heterocycles. The first-order chi connectivity index (χ1) is 12.8. The summed E-state index contributed by atoms with van der Waals surface area (Å²) in [6.45, 7) is 0. The predicted molar refractivity (Wildman–Crippen MR) is 101 cm³/mol. The first kappa shape index (κ1) is 16.2. The Labute approximate surface area is 154 Å². The lowest BCUT2D eigenvalue weighted by atomic mass is 10.2. The number of aromatic nitrogens is 4. The minimum Gasteiger partial charge on any atom is -0.302 e. The summed E-state index contributed by atoms with van der Waals surface area (Å²) in [5.41, 5.74) is 3.34. The molecule has 128 valence electrons. The van der Waals surface area contributed by atoms with Crippen LogP contribution in [0, 0.1) is 0 Å². The molecule has 3 heterocycles. The van der Waals surface area contributed by atoms with Gasteiger partial charge in [-0.1, -0.05) is 24.3 Å². The standard InChI is InChI=1S/C19H15N5OS/c25-18(10-14-11-21-24(12-14)15-6-2-1-3-7-15)23-19-22-17(13-26-19)16-8-4-5-9-20-16/h1-9,11-13H,10H2,(H,22,23,25). The van der Waals surface area contributed by atoms with E-state index in [1.807, 2.05) is 60.1 Å². The largest absolute Gasteiger partial charge is 0.302 e. The molecule has 0 aliphatic rings. The van der Waals surface area contributed by atoms with E-state index in [-0.39, 0.29) is 12.3 Å². The summed E-state index contributed by atoms with van der Waals surface area (Å²) in [5, 5.41) is 9.58. The van der Waals surface area contributed by atoms with Gasteiger partial charge in [0.2, 0.25) is 5.91 Å². The smallest absolute Gasteiger partial charge is 0.230 e. The van der Waals surface area contributed by atoms with Crippen LogP contribution in [-0.2, 0) is 11.2 Å². The number of nitrogens with zero attached hydrogens (tertiary/aromatic N) is 4. The average molecular weight is 361 g/mol. The number of carbonyl (C=O) groups is 1. The maximum atomic E-state index is 12.3. The third-order valence-corrected chi connectivity index (χ3v) is 4.46. The predicted octanol–water partition coefficient (Wildman–Crippen LogP) is 3.57. The van der Waals surface area contributed by atoms with Crippen molar-refractivity contribution in [3.8, 4) is 17.1 Å². The van der Waals surface area contributed by atoms with Crippen molar-refractivity contribution in [1.82, 2.24) is 19.7 Å². The van der Waals surface area contributed by atoms with Crippen molar-refractivity contribution in [1.29, 1.82) is 0 Å². The SMILES string of the molecule is O=C(Cc1cnn(-c2ccccc2)c1)Nc1nc(-c2ccccn2)cs1. The lowest BCUT2D eigenvalue weighted by Crippen LogP contribution is -2.13. The summed E-state index contributed by atoms with van der Waals surface area (Å²) in [6.07, 6.45) is 5.52. The minimum atomic E-state index is -0.125. The lowest BCUT2D eigenvalue weighted by Gasteiger charge is -2.00. The van der Waals surface area contributed by atoms with Gasteiger partial charge in [0.25, 0.3) is 0 Å². The molecule has 6 nitrogen and oxygen atoms in total. The van der Waals surface area contributed by atoms with Gasteiger partial charge in [0.15, 0.2) is 5.13 Å². The van der Waals surface area contributed by atoms with Gasteiger partial charge in [0.05, 0.1) is 24.0 Å². The van der Waals surface area contributed by atoms with E-state index in [4.69, 9.17) is 0 Å². The fraction of sp³-hybridized carbons (Fsp3) is 0.0526. The molecule has 1 N–H and O–H groups in total. The van der Waals surface area contributed by atoms with E-state index >= 15 is 0 Å². The molecule has 0 atom stereocenters. The number of anilines is 1. The maximum Gasteiger partial charge on any atom is 0.230 e. The summed E-state index contributed by atoms with van der Waals surface area (Å²) in [7, 11) is 0. The zero-order valence-corrected chi connectivity index (χ0v) is 14.6. The summed E-state index contributed by atoms with van der Waals surface area (Å²) in [6, 6.07) is 15.4. The molecule has 0 fully saturated rings. The number of nitrogens with one attached hydrogen (secondary N) is 1. The van der Waals surface area contributed by atoms with Gasteiger partial charge in [0.1, 0.15) is 5.69 Å². The quantitative estimate of drug-likeness (QED) is 0.590. The van der Waals surface area contributed by atoms with E-state index in [1.165, 1.54) is 11.3 Å². The number of amides is 1. The molecule has 0 radical (unpaired) electrons. The van der Waals surface area contributed by atoms with E-state index in [0.29, 0.717) is 5.13 Å². The molecule has 0 spiro atoms. The van der Waals surface area contributed by atoms with Crippen molar-refractivity contribution in [2.75, 3.05) is 5.32 Å². The normalized spacial score (nSPS) is 10.6. The third-order valence-electron chi connectivity index (χ3n) is 3.70. The topological polar surface area (TPSA) is 72.7 Å². The van der Waals surface area contributed by atoms with Crippen LogP contribution in [0.2, 0.25) is 0 Å². The molecule has 4 rings (SSSR count). The summed E-state index contributed by atoms with van der Waals surface area (Å²) in [5.74, 6) is -0.125. The van der Waals surface area contributed by atoms with Crippen LogP contribution >= 0.6 is 11.3 Å². The zero-order chi connectivity index (χ0) is 17.8. The van der Waals surface area contributed by atoms with Gasteiger partial charge in [-0.3, -0.25) is 9.78 Å². The van der Waals surface area contributed by atoms with Gasteiger partial charge in [-0.2, -0.15) is 5.10 Å². The van der Waals surface area contributed by atoms with Crippen molar-refractivity contribution < 1.29 is 4.79 Å². The van der Waals surface area contributed by atoms with E-state index in [2.05, 4.69) is 20.4 Å². The van der Waals surface area contributed by atoms with Crippen LogP contribution in [0.4, 0.5) is 5.13 Å². The Morgan fingerprint density at radius 3 is 2.73 bits per heavy atom. The average Bonchev–Trinajstić information content (AvgIpc) is 3.33. The molecule has 4 aromatic rings. The highest BCUT2D eigenvalue weighted by atomic mass is 32.1. The molecule has 0 aliphatic carbocycles. The number of rotatable bonds is 5. The van der Waals surface area contributed by atoms with E-state index in [0.717, 1.165) is 22.6 Å². The molecular weight excluding hydrogens is 346 g/mol. The molecule has 0 saturated heterocycles. The van der Waals surface area contributed by atoms with Crippen LogP contribution in [0.5, 0.6) is 0 Å². The van der Waals surface area contributed by atoms with E-state index < -0.39 is 0 Å². The van der Waals surface area contributed by atoms with E-state index in [9.17, 15) is 4.79 Å². The molecule has 7 heteroatoms. The van der Waals surface area contributed by atoms with Gasteiger partial charge in [-0.25, -0.2) is 9.67 Å². The number of pyridine rings is 1. The molecule has 0 bridgehead atoms. The Kier molecular flexibility index (Phi) is 4.53. The molecule has 0 saturated carbocycles. The Morgan fingerprint density at radius 1 is 1.08 bits per heavy atom. The van der Waals surface area contributed by atoms with E-state index in [1.54, 1.807) is 17.1 Å². The van der Waals surface area contributed by atoms with Gasteiger partial charge < -0.3 is 5.32 Å². The fourth-order valence-electron chi connectivity index (χ4n) is 2.49. The Hall–Kier alpha value is -3.32. The molecule has 26 heavy (non-hydrogen) atoms. The van der Waals surface area contributed by atoms with Crippen LogP contribution in [0.1, 0.15) is 5.56 Å². The van der Waals surface area contributed by atoms with Crippen LogP contribution in [0.3, 0.4) is 0 Å². The first-order valence-electron chi connectivity index (χ1n) is 8.04. The maximum absolute atomic E-state index is 12.3. The van der Waals surface area contributed by atoms with Crippen LogP contribution < -0.4 is 5.32 Å².